The van der Waals surface area contributed by atoms with Crippen LogP contribution in [0.2, 0.25) is 0 Å². The first-order valence-corrected chi connectivity index (χ1v) is 8.60. The smallest absolute Gasteiger partial charge is 0.275 e. The number of carbonyl (C=O) groups excluding carboxylic acids is 1. The lowest BCUT2D eigenvalue weighted by molar-refractivity contribution is 0.102. The van der Waals surface area contributed by atoms with Crippen LogP contribution >= 0.6 is 11.3 Å². The molecular weight excluding hydrogens is 362 g/mol. The van der Waals surface area contributed by atoms with Gasteiger partial charge in [-0.05, 0) is 30.3 Å². The highest BCUT2D eigenvalue weighted by atomic mass is 32.1. The number of anilines is 1. The molecule has 1 N–H and O–H groups in total. The predicted molar refractivity (Wildman–Crippen MR) is 92.9 cm³/mol. The van der Waals surface area contributed by atoms with Crippen LogP contribution in [0.15, 0.2) is 41.8 Å². The van der Waals surface area contributed by atoms with E-state index in [4.69, 9.17) is 9.47 Å². The van der Waals surface area contributed by atoms with Gasteiger partial charge in [0.25, 0.3) is 5.91 Å². The molecule has 0 radical (unpaired) electrons. The standard InChI is InChI=1S/C18H12F2N2O3S/c19-11-2-3-13(12(20)8-11)21-17(23)14-9-26-18(22-14)10-1-4-15-16(7-10)25-6-5-24-15/h1-4,7-9H,5-6H2,(H,21,23). The van der Waals surface area contributed by atoms with Crippen LogP contribution in [0.5, 0.6) is 11.5 Å². The van der Waals surface area contributed by atoms with E-state index in [0.29, 0.717) is 35.8 Å². The maximum Gasteiger partial charge on any atom is 0.275 e. The van der Waals surface area contributed by atoms with Gasteiger partial charge in [0.1, 0.15) is 35.5 Å². The number of fused-ring (bicyclic) bond motifs is 1. The fourth-order valence-corrected chi connectivity index (χ4v) is 3.26. The summed E-state index contributed by atoms with van der Waals surface area (Å²) in [5.74, 6) is -0.837. The van der Waals surface area contributed by atoms with Crippen molar-refractivity contribution in [2.45, 2.75) is 0 Å². The van der Waals surface area contributed by atoms with E-state index in [0.717, 1.165) is 17.7 Å². The minimum absolute atomic E-state index is 0.106. The Morgan fingerprint density at radius 2 is 1.88 bits per heavy atom. The van der Waals surface area contributed by atoms with E-state index in [2.05, 4.69) is 10.3 Å². The number of nitrogens with one attached hydrogen (secondary N) is 1. The molecule has 4 rings (SSSR count). The van der Waals surface area contributed by atoms with Crippen molar-refractivity contribution in [1.29, 1.82) is 0 Å². The molecule has 8 heteroatoms. The summed E-state index contributed by atoms with van der Waals surface area (Å²) in [5, 5.41) is 4.58. The van der Waals surface area contributed by atoms with Gasteiger partial charge in [-0.15, -0.1) is 11.3 Å². The van der Waals surface area contributed by atoms with Gasteiger partial charge < -0.3 is 14.8 Å². The molecule has 1 aromatic heterocycles. The number of halogens is 2. The third kappa shape index (κ3) is 3.23. The highest BCUT2D eigenvalue weighted by Gasteiger charge is 2.17. The molecule has 0 unspecified atom stereocenters. The SMILES string of the molecule is O=C(Nc1ccc(F)cc1F)c1csc(-c2ccc3c(c2)OCCO3)n1. The van der Waals surface area contributed by atoms with Gasteiger partial charge in [0.15, 0.2) is 11.5 Å². The average Bonchev–Trinajstić information content (AvgIpc) is 3.14. The molecule has 0 aliphatic carbocycles. The van der Waals surface area contributed by atoms with Crippen molar-refractivity contribution in [3.63, 3.8) is 0 Å². The zero-order valence-electron chi connectivity index (χ0n) is 13.3. The number of benzene rings is 2. The maximum atomic E-state index is 13.7. The van der Waals surface area contributed by atoms with Gasteiger partial charge >= 0.3 is 0 Å². The summed E-state index contributed by atoms with van der Waals surface area (Å²) in [4.78, 5) is 16.5. The predicted octanol–water partition coefficient (Wildman–Crippen LogP) is 4.11. The molecule has 132 valence electrons. The third-order valence-electron chi connectivity index (χ3n) is 3.71. The topological polar surface area (TPSA) is 60.5 Å². The summed E-state index contributed by atoms with van der Waals surface area (Å²) >= 11 is 1.28. The number of thiazole rings is 1. The van der Waals surface area contributed by atoms with E-state index in [1.807, 2.05) is 6.07 Å². The van der Waals surface area contributed by atoms with Crippen LogP contribution in [0.1, 0.15) is 10.5 Å². The summed E-state index contributed by atoms with van der Waals surface area (Å²) in [6.07, 6.45) is 0. The Labute approximate surface area is 151 Å². The van der Waals surface area contributed by atoms with Crippen molar-refractivity contribution in [3.8, 4) is 22.1 Å². The van der Waals surface area contributed by atoms with E-state index in [1.165, 1.54) is 11.3 Å². The Morgan fingerprint density at radius 1 is 1.08 bits per heavy atom. The van der Waals surface area contributed by atoms with Gasteiger partial charge in [0.05, 0.1) is 5.69 Å². The first-order chi connectivity index (χ1) is 12.6. The average molecular weight is 374 g/mol. The quantitative estimate of drug-likeness (QED) is 0.749. The Hall–Kier alpha value is -3.00. The molecule has 0 saturated heterocycles. The monoisotopic (exact) mass is 374 g/mol. The summed E-state index contributed by atoms with van der Waals surface area (Å²) in [5.41, 5.74) is 0.820. The number of carbonyl (C=O) groups is 1. The van der Waals surface area contributed by atoms with Crippen LogP contribution in [0.25, 0.3) is 10.6 Å². The molecule has 26 heavy (non-hydrogen) atoms. The highest BCUT2D eigenvalue weighted by Crippen LogP contribution is 2.35. The number of rotatable bonds is 3. The molecule has 2 aromatic carbocycles. The molecule has 1 aliphatic heterocycles. The lowest BCUT2D eigenvalue weighted by Crippen LogP contribution is -2.15. The van der Waals surface area contributed by atoms with Crippen LogP contribution in [0, 0.1) is 11.6 Å². The molecule has 0 saturated carbocycles. The van der Waals surface area contributed by atoms with E-state index < -0.39 is 17.5 Å². The van der Waals surface area contributed by atoms with Gasteiger partial charge in [0.2, 0.25) is 0 Å². The van der Waals surface area contributed by atoms with Gasteiger partial charge in [0, 0.05) is 17.0 Å². The highest BCUT2D eigenvalue weighted by molar-refractivity contribution is 7.13. The zero-order valence-corrected chi connectivity index (χ0v) is 14.1. The molecule has 5 nitrogen and oxygen atoms in total. The van der Waals surface area contributed by atoms with E-state index in [-0.39, 0.29) is 11.4 Å². The summed E-state index contributed by atoms with van der Waals surface area (Å²) in [6.45, 7) is 0.985. The van der Waals surface area contributed by atoms with Crippen molar-refractivity contribution in [2.75, 3.05) is 18.5 Å². The Morgan fingerprint density at radius 3 is 2.69 bits per heavy atom. The first kappa shape index (κ1) is 16.5. The van der Waals surface area contributed by atoms with Gasteiger partial charge in [-0.2, -0.15) is 0 Å². The first-order valence-electron chi connectivity index (χ1n) is 7.72. The van der Waals surface area contributed by atoms with Crippen LogP contribution in [-0.2, 0) is 0 Å². The lowest BCUT2D eigenvalue weighted by Gasteiger charge is -2.18. The Bertz CT molecular complexity index is 990. The minimum Gasteiger partial charge on any atom is -0.486 e. The molecule has 0 bridgehead atoms. The fourth-order valence-electron chi connectivity index (χ4n) is 2.46. The van der Waals surface area contributed by atoms with E-state index in [1.54, 1.807) is 17.5 Å². The third-order valence-corrected chi connectivity index (χ3v) is 4.60. The van der Waals surface area contributed by atoms with Crippen LogP contribution in [-0.4, -0.2) is 24.1 Å². The molecule has 1 aliphatic rings. The molecule has 2 heterocycles. The number of hydrogen-bond acceptors (Lipinski definition) is 5. The lowest BCUT2D eigenvalue weighted by atomic mass is 10.2. The molecule has 3 aromatic rings. The Kier molecular flexibility index (Phi) is 4.26. The molecule has 1 amide bonds. The van der Waals surface area contributed by atoms with Crippen molar-refractivity contribution in [3.05, 3.63) is 59.1 Å². The molecule has 0 fully saturated rings. The molecule has 0 atom stereocenters. The molecule has 0 spiro atoms. The largest absolute Gasteiger partial charge is 0.486 e. The molecular formula is C18H12F2N2O3S. The van der Waals surface area contributed by atoms with Crippen molar-refractivity contribution < 1.29 is 23.0 Å². The van der Waals surface area contributed by atoms with Crippen LogP contribution in [0.3, 0.4) is 0 Å². The minimum atomic E-state index is -0.847. The second kappa shape index (κ2) is 6.72. The van der Waals surface area contributed by atoms with Gasteiger partial charge in [-0.1, -0.05) is 0 Å². The number of ether oxygens (including phenoxy) is 2. The second-order valence-electron chi connectivity index (χ2n) is 5.47. The van der Waals surface area contributed by atoms with Gasteiger partial charge in [-0.25, -0.2) is 13.8 Å². The van der Waals surface area contributed by atoms with E-state index >= 15 is 0 Å². The number of amides is 1. The summed E-state index contributed by atoms with van der Waals surface area (Å²) < 4.78 is 37.6. The van der Waals surface area contributed by atoms with E-state index in [9.17, 15) is 13.6 Å². The van der Waals surface area contributed by atoms with Crippen LogP contribution in [0.4, 0.5) is 14.5 Å². The summed E-state index contributed by atoms with van der Waals surface area (Å²) in [6, 6.07) is 8.36. The number of aromatic nitrogens is 1. The van der Waals surface area contributed by atoms with Gasteiger partial charge in [-0.3, -0.25) is 4.79 Å². The Balaban J connectivity index is 1.55. The maximum absolute atomic E-state index is 13.7. The second-order valence-corrected chi connectivity index (χ2v) is 6.33. The normalized spacial score (nSPS) is 12.7. The van der Waals surface area contributed by atoms with Crippen LogP contribution < -0.4 is 14.8 Å². The van der Waals surface area contributed by atoms with Crippen molar-refractivity contribution >= 4 is 22.9 Å². The number of nitrogens with zero attached hydrogens (tertiary/aromatic N) is 1. The fraction of sp³-hybridized carbons (Fsp3) is 0.111. The summed E-state index contributed by atoms with van der Waals surface area (Å²) in [7, 11) is 0. The number of hydrogen-bond donors (Lipinski definition) is 1. The zero-order chi connectivity index (χ0) is 18.1. The van der Waals surface area contributed by atoms with Crippen molar-refractivity contribution in [1.82, 2.24) is 4.98 Å². The van der Waals surface area contributed by atoms with Crippen molar-refractivity contribution in [2.24, 2.45) is 0 Å².